The average molecular weight is 333 g/mol. The van der Waals surface area contributed by atoms with Gasteiger partial charge in [-0.25, -0.2) is 14.2 Å². The van der Waals surface area contributed by atoms with Crippen molar-refractivity contribution in [2.75, 3.05) is 31.5 Å². The lowest BCUT2D eigenvalue weighted by atomic mass is 10.3. The van der Waals surface area contributed by atoms with Gasteiger partial charge in [-0.1, -0.05) is 0 Å². The van der Waals surface area contributed by atoms with E-state index >= 15 is 0 Å². The van der Waals surface area contributed by atoms with Crippen LogP contribution in [-0.2, 0) is 6.54 Å². The molecule has 128 valence electrons. The molecule has 8 heteroatoms. The highest BCUT2D eigenvalue weighted by molar-refractivity contribution is 5.89. The number of anilines is 1. The van der Waals surface area contributed by atoms with E-state index in [2.05, 4.69) is 20.2 Å². The van der Waals surface area contributed by atoms with Crippen molar-refractivity contribution in [1.82, 2.24) is 19.8 Å². The Morgan fingerprint density at radius 3 is 2.71 bits per heavy atom. The summed E-state index contributed by atoms with van der Waals surface area (Å²) in [6, 6.07) is 1.14. The predicted molar refractivity (Wildman–Crippen MR) is 86.0 cm³/mol. The maximum Gasteiger partial charge on any atom is 0.322 e. The Hall–Kier alpha value is -2.48. The number of halogens is 1. The second-order valence-electron chi connectivity index (χ2n) is 5.80. The van der Waals surface area contributed by atoms with Crippen LogP contribution < -0.4 is 5.32 Å². The minimum Gasteiger partial charge on any atom is -0.444 e. The number of nitrogens with one attached hydrogen (secondary N) is 1. The molecule has 0 saturated carbocycles. The van der Waals surface area contributed by atoms with Crippen LogP contribution >= 0.6 is 0 Å². The molecule has 1 fully saturated rings. The van der Waals surface area contributed by atoms with Gasteiger partial charge in [-0.2, -0.15) is 0 Å². The number of amides is 2. The zero-order valence-corrected chi connectivity index (χ0v) is 13.8. The van der Waals surface area contributed by atoms with Crippen LogP contribution in [0.1, 0.15) is 17.3 Å². The van der Waals surface area contributed by atoms with E-state index in [1.165, 1.54) is 12.3 Å². The SMILES string of the molecule is Cc1nc(CN2CCN(C(=O)Nc3ccncc3F)CC2)oc1C. The van der Waals surface area contributed by atoms with Gasteiger partial charge >= 0.3 is 6.03 Å². The Balaban J connectivity index is 1.51. The highest BCUT2D eigenvalue weighted by atomic mass is 19.1. The van der Waals surface area contributed by atoms with Crippen molar-refractivity contribution < 1.29 is 13.6 Å². The van der Waals surface area contributed by atoms with E-state index in [-0.39, 0.29) is 11.7 Å². The van der Waals surface area contributed by atoms with E-state index in [1.54, 1.807) is 4.90 Å². The van der Waals surface area contributed by atoms with Crippen LogP contribution in [0.25, 0.3) is 0 Å². The molecule has 2 amide bonds. The molecule has 0 unspecified atom stereocenters. The zero-order valence-electron chi connectivity index (χ0n) is 13.8. The van der Waals surface area contributed by atoms with E-state index in [0.717, 1.165) is 17.7 Å². The van der Waals surface area contributed by atoms with Gasteiger partial charge < -0.3 is 14.6 Å². The van der Waals surface area contributed by atoms with Crippen LogP contribution in [-0.4, -0.2) is 52.0 Å². The summed E-state index contributed by atoms with van der Waals surface area (Å²) in [5, 5.41) is 2.58. The minimum absolute atomic E-state index is 0.142. The van der Waals surface area contributed by atoms with Crippen LogP contribution in [0, 0.1) is 19.7 Å². The Kier molecular flexibility index (Phi) is 4.75. The second kappa shape index (κ2) is 6.96. The molecular formula is C16H20FN5O2. The van der Waals surface area contributed by atoms with E-state index in [9.17, 15) is 9.18 Å². The van der Waals surface area contributed by atoms with Gasteiger partial charge in [0.05, 0.1) is 24.1 Å². The smallest absolute Gasteiger partial charge is 0.322 e. The Morgan fingerprint density at radius 2 is 2.08 bits per heavy atom. The summed E-state index contributed by atoms with van der Waals surface area (Å²) < 4.78 is 19.1. The summed E-state index contributed by atoms with van der Waals surface area (Å²) in [6.07, 6.45) is 2.52. The number of nitrogens with zero attached hydrogens (tertiary/aromatic N) is 4. The summed E-state index contributed by atoms with van der Waals surface area (Å²) >= 11 is 0. The van der Waals surface area contributed by atoms with Crippen molar-refractivity contribution in [3.05, 3.63) is 41.6 Å². The topological polar surface area (TPSA) is 74.5 Å². The molecule has 1 aliphatic heterocycles. The molecular weight excluding hydrogens is 313 g/mol. The maximum absolute atomic E-state index is 13.5. The molecule has 24 heavy (non-hydrogen) atoms. The minimum atomic E-state index is -0.542. The third kappa shape index (κ3) is 3.70. The summed E-state index contributed by atoms with van der Waals surface area (Å²) in [7, 11) is 0. The fourth-order valence-electron chi connectivity index (χ4n) is 2.58. The number of aromatic nitrogens is 2. The van der Waals surface area contributed by atoms with Gasteiger partial charge in [-0.05, 0) is 19.9 Å². The Bertz CT molecular complexity index is 706. The largest absolute Gasteiger partial charge is 0.444 e. The van der Waals surface area contributed by atoms with E-state index in [0.29, 0.717) is 38.6 Å². The molecule has 1 saturated heterocycles. The lowest BCUT2D eigenvalue weighted by molar-refractivity contribution is 0.135. The molecule has 1 aliphatic rings. The number of piperazine rings is 1. The van der Waals surface area contributed by atoms with Crippen LogP contribution in [0.3, 0.4) is 0 Å². The molecule has 0 aliphatic carbocycles. The highest BCUT2D eigenvalue weighted by Gasteiger charge is 2.23. The molecule has 2 aromatic heterocycles. The number of urea groups is 1. The van der Waals surface area contributed by atoms with Crippen molar-refractivity contribution in [1.29, 1.82) is 0 Å². The number of oxazole rings is 1. The monoisotopic (exact) mass is 333 g/mol. The molecule has 3 rings (SSSR count). The molecule has 0 radical (unpaired) electrons. The number of carbonyl (C=O) groups excluding carboxylic acids is 1. The van der Waals surface area contributed by atoms with E-state index < -0.39 is 5.82 Å². The maximum atomic E-state index is 13.5. The Labute approximate surface area is 139 Å². The molecule has 0 aromatic carbocycles. The molecule has 0 spiro atoms. The molecule has 1 N–H and O–H groups in total. The van der Waals surface area contributed by atoms with Crippen molar-refractivity contribution in [3.63, 3.8) is 0 Å². The highest BCUT2D eigenvalue weighted by Crippen LogP contribution is 2.14. The second-order valence-corrected chi connectivity index (χ2v) is 5.80. The lowest BCUT2D eigenvalue weighted by Gasteiger charge is -2.34. The van der Waals surface area contributed by atoms with Crippen LogP contribution in [0.2, 0.25) is 0 Å². The first-order chi connectivity index (χ1) is 11.5. The zero-order chi connectivity index (χ0) is 17.1. The van der Waals surface area contributed by atoms with Crippen molar-refractivity contribution in [3.8, 4) is 0 Å². The molecule has 3 heterocycles. The summed E-state index contributed by atoms with van der Waals surface area (Å²) in [6.45, 7) is 7.01. The first-order valence-electron chi connectivity index (χ1n) is 7.83. The van der Waals surface area contributed by atoms with Gasteiger partial charge in [0.15, 0.2) is 5.82 Å². The first kappa shape index (κ1) is 16.4. The van der Waals surface area contributed by atoms with Gasteiger partial charge in [0.2, 0.25) is 5.89 Å². The predicted octanol–water partition coefficient (Wildman–Crippen LogP) is 2.18. The Morgan fingerprint density at radius 1 is 1.33 bits per heavy atom. The van der Waals surface area contributed by atoms with Gasteiger partial charge in [-0.15, -0.1) is 0 Å². The van der Waals surface area contributed by atoms with Crippen molar-refractivity contribution in [2.45, 2.75) is 20.4 Å². The molecule has 0 bridgehead atoms. The van der Waals surface area contributed by atoms with Gasteiger partial charge in [0.1, 0.15) is 5.76 Å². The lowest BCUT2D eigenvalue weighted by Crippen LogP contribution is -2.49. The number of rotatable bonds is 3. The quantitative estimate of drug-likeness (QED) is 0.932. The number of pyridine rings is 1. The average Bonchev–Trinajstić information content (AvgIpc) is 2.88. The fraction of sp³-hybridized carbons (Fsp3) is 0.438. The standard InChI is InChI=1S/C16H20FN5O2/c1-11-12(2)24-15(19-11)10-21-5-7-22(8-6-21)16(23)20-14-3-4-18-9-13(14)17/h3-4,9H,5-8,10H2,1-2H3,(H,18,20,23). The van der Waals surface area contributed by atoms with Crippen molar-refractivity contribution in [2.24, 2.45) is 0 Å². The van der Waals surface area contributed by atoms with E-state index in [1.807, 2.05) is 13.8 Å². The van der Waals surface area contributed by atoms with Crippen molar-refractivity contribution >= 4 is 11.7 Å². The molecule has 2 aromatic rings. The number of carbonyl (C=O) groups is 1. The number of aryl methyl sites for hydroxylation is 2. The van der Waals surface area contributed by atoms with Crippen LogP contribution in [0.15, 0.2) is 22.9 Å². The first-order valence-corrected chi connectivity index (χ1v) is 7.83. The number of hydrogen-bond donors (Lipinski definition) is 1. The normalized spacial score (nSPS) is 15.5. The van der Waals surface area contributed by atoms with Gasteiger partial charge in [0.25, 0.3) is 0 Å². The molecule has 7 nitrogen and oxygen atoms in total. The summed E-state index contributed by atoms with van der Waals surface area (Å²) in [5.74, 6) is 0.989. The van der Waals surface area contributed by atoms with Crippen LogP contribution in [0.4, 0.5) is 14.9 Å². The molecule has 0 atom stereocenters. The fourth-order valence-corrected chi connectivity index (χ4v) is 2.58. The summed E-state index contributed by atoms with van der Waals surface area (Å²) in [4.78, 5) is 24.1. The van der Waals surface area contributed by atoms with Crippen LogP contribution in [0.5, 0.6) is 0 Å². The van der Waals surface area contributed by atoms with Gasteiger partial charge in [-0.3, -0.25) is 9.88 Å². The third-order valence-electron chi connectivity index (χ3n) is 4.11. The summed E-state index contributed by atoms with van der Waals surface area (Å²) in [5.41, 5.74) is 1.05. The van der Waals surface area contributed by atoms with E-state index in [4.69, 9.17) is 4.42 Å². The van der Waals surface area contributed by atoms with Gasteiger partial charge in [0, 0.05) is 32.4 Å². The third-order valence-corrected chi connectivity index (χ3v) is 4.11. The number of hydrogen-bond acceptors (Lipinski definition) is 5.